The summed E-state index contributed by atoms with van der Waals surface area (Å²) < 4.78 is 29.1. The quantitative estimate of drug-likeness (QED) is 0.888. The van der Waals surface area contributed by atoms with Gasteiger partial charge in [-0.2, -0.15) is 17.0 Å². The van der Waals surface area contributed by atoms with Crippen LogP contribution in [0.15, 0.2) is 24.3 Å². The molecule has 1 unspecified atom stereocenters. The molecule has 6 nitrogen and oxygen atoms in total. The number of aromatic carboxylic acids is 1. The van der Waals surface area contributed by atoms with Crippen LogP contribution in [0.4, 0.5) is 0 Å². The van der Waals surface area contributed by atoms with Crippen molar-refractivity contribution in [3.05, 3.63) is 35.4 Å². The number of carboxylic acid groups (broad SMARTS) is 1. The van der Waals surface area contributed by atoms with Crippen molar-refractivity contribution in [2.24, 2.45) is 5.92 Å². The highest BCUT2D eigenvalue weighted by Gasteiger charge is 2.35. The van der Waals surface area contributed by atoms with Crippen molar-refractivity contribution in [3.63, 3.8) is 0 Å². The van der Waals surface area contributed by atoms with Gasteiger partial charge in [0.1, 0.15) is 0 Å². The van der Waals surface area contributed by atoms with Gasteiger partial charge >= 0.3 is 5.97 Å². The molecule has 1 atom stereocenters. The Bertz CT molecular complexity index is 726. The first-order chi connectivity index (χ1) is 11.9. The fourth-order valence-corrected chi connectivity index (χ4v) is 5.46. The molecule has 2 heterocycles. The molecule has 138 valence electrons. The molecular weight excluding hydrogens is 340 g/mol. The maximum Gasteiger partial charge on any atom is 0.335 e. The zero-order valence-electron chi connectivity index (χ0n) is 14.6. The van der Waals surface area contributed by atoms with E-state index in [1.165, 1.54) is 0 Å². The van der Waals surface area contributed by atoms with Gasteiger partial charge in [0.05, 0.1) is 5.56 Å². The van der Waals surface area contributed by atoms with Gasteiger partial charge < -0.3 is 5.11 Å². The van der Waals surface area contributed by atoms with E-state index in [9.17, 15) is 13.2 Å². The molecule has 1 aromatic rings. The maximum absolute atomic E-state index is 13.0. The summed E-state index contributed by atoms with van der Waals surface area (Å²) in [5.41, 5.74) is 1.16. The van der Waals surface area contributed by atoms with Gasteiger partial charge in [-0.3, -0.25) is 0 Å². The molecule has 0 bridgehead atoms. The van der Waals surface area contributed by atoms with Gasteiger partial charge in [-0.1, -0.05) is 19.1 Å². The van der Waals surface area contributed by atoms with Crippen molar-refractivity contribution in [1.29, 1.82) is 0 Å². The van der Waals surface area contributed by atoms with Crippen molar-refractivity contribution < 1.29 is 18.3 Å². The van der Waals surface area contributed by atoms with Gasteiger partial charge in [0.2, 0.25) is 0 Å². The van der Waals surface area contributed by atoms with Gasteiger partial charge in [0.25, 0.3) is 10.2 Å². The SMILES string of the molecule is CC1CCN(S(=O)(=O)N2CCCC(c3cccc(C(=O)O)c3)C2)CC1. The van der Waals surface area contributed by atoms with Crippen LogP contribution in [0.3, 0.4) is 0 Å². The van der Waals surface area contributed by atoms with Crippen LogP contribution in [0.5, 0.6) is 0 Å². The Morgan fingerprint density at radius 3 is 2.52 bits per heavy atom. The number of carbonyl (C=O) groups is 1. The highest BCUT2D eigenvalue weighted by molar-refractivity contribution is 7.86. The monoisotopic (exact) mass is 366 g/mol. The van der Waals surface area contributed by atoms with E-state index >= 15 is 0 Å². The Morgan fingerprint density at radius 2 is 1.84 bits per heavy atom. The fourth-order valence-electron chi connectivity index (χ4n) is 3.73. The lowest BCUT2D eigenvalue weighted by molar-refractivity contribution is 0.0696. The van der Waals surface area contributed by atoms with Crippen molar-refractivity contribution in [2.45, 2.75) is 38.5 Å². The Labute approximate surface area is 149 Å². The third kappa shape index (κ3) is 4.04. The number of piperidine rings is 2. The Hall–Kier alpha value is -1.44. The molecule has 25 heavy (non-hydrogen) atoms. The predicted octanol–water partition coefficient (Wildman–Crippen LogP) is 2.54. The lowest BCUT2D eigenvalue weighted by atomic mass is 9.91. The lowest BCUT2D eigenvalue weighted by Crippen LogP contribution is -2.49. The molecular formula is C18H26N2O4S. The molecule has 1 aromatic carbocycles. The molecule has 2 aliphatic rings. The van der Waals surface area contributed by atoms with Gasteiger partial charge in [0, 0.05) is 26.2 Å². The lowest BCUT2D eigenvalue weighted by Gasteiger charge is -2.38. The minimum absolute atomic E-state index is 0.0477. The highest BCUT2D eigenvalue weighted by atomic mass is 32.2. The van der Waals surface area contributed by atoms with Crippen LogP contribution in [0.25, 0.3) is 0 Å². The summed E-state index contributed by atoms with van der Waals surface area (Å²) in [5, 5.41) is 9.17. The van der Waals surface area contributed by atoms with E-state index in [2.05, 4.69) is 6.92 Å². The summed E-state index contributed by atoms with van der Waals surface area (Å²) in [6.07, 6.45) is 3.51. The van der Waals surface area contributed by atoms with Crippen molar-refractivity contribution in [3.8, 4) is 0 Å². The zero-order valence-corrected chi connectivity index (χ0v) is 15.4. The minimum Gasteiger partial charge on any atom is -0.478 e. The van der Waals surface area contributed by atoms with Crippen LogP contribution >= 0.6 is 0 Å². The van der Waals surface area contributed by atoms with Crippen LogP contribution in [0.2, 0.25) is 0 Å². The second-order valence-corrected chi connectivity index (χ2v) is 9.15. The van der Waals surface area contributed by atoms with E-state index in [1.807, 2.05) is 6.07 Å². The summed E-state index contributed by atoms with van der Waals surface area (Å²) >= 11 is 0. The third-order valence-corrected chi connectivity index (χ3v) is 7.39. The van der Waals surface area contributed by atoms with E-state index in [0.717, 1.165) is 31.2 Å². The van der Waals surface area contributed by atoms with Crippen LogP contribution < -0.4 is 0 Å². The predicted molar refractivity (Wildman–Crippen MR) is 95.8 cm³/mol. The van der Waals surface area contributed by atoms with Crippen LogP contribution in [-0.2, 0) is 10.2 Å². The number of carboxylic acids is 1. The summed E-state index contributed by atoms with van der Waals surface area (Å²) in [4.78, 5) is 11.2. The average molecular weight is 366 g/mol. The van der Waals surface area contributed by atoms with E-state index in [0.29, 0.717) is 32.1 Å². The van der Waals surface area contributed by atoms with Crippen molar-refractivity contribution >= 4 is 16.2 Å². The maximum atomic E-state index is 13.0. The number of hydrogen-bond donors (Lipinski definition) is 1. The van der Waals surface area contributed by atoms with Gasteiger partial charge in [0.15, 0.2) is 0 Å². The second-order valence-electron chi connectivity index (χ2n) is 7.22. The summed E-state index contributed by atoms with van der Waals surface area (Å²) in [5.74, 6) is -0.324. The topological polar surface area (TPSA) is 77.9 Å². The van der Waals surface area contributed by atoms with Gasteiger partial charge in [-0.05, 0) is 55.2 Å². The van der Waals surface area contributed by atoms with E-state index < -0.39 is 16.2 Å². The molecule has 2 saturated heterocycles. The smallest absolute Gasteiger partial charge is 0.335 e. The second kappa shape index (κ2) is 7.43. The van der Waals surface area contributed by atoms with Crippen molar-refractivity contribution in [2.75, 3.05) is 26.2 Å². The van der Waals surface area contributed by atoms with E-state index in [-0.39, 0.29) is 11.5 Å². The molecule has 1 N–H and O–H groups in total. The van der Waals surface area contributed by atoms with Gasteiger partial charge in [-0.25, -0.2) is 4.79 Å². The Morgan fingerprint density at radius 1 is 1.12 bits per heavy atom. The summed E-state index contributed by atoms with van der Waals surface area (Å²) in [7, 11) is -3.43. The molecule has 0 amide bonds. The number of hydrogen-bond acceptors (Lipinski definition) is 3. The Balaban J connectivity index is 1.74. The summed E-state index contributed by atoms with van der Waals surface area (Å²) in [6, 6.07) is 6.87. The molecule has 0 aromatic heterocycles. The number of nitrogens with zero attached hydrogens (tertiary/aromatic N) is 2. The van der Waals surface area contributed by atoms with Crippen molar-refractivity contribution in [1.82, 2.24) is 8.61 Å². The zero-order chi connectivity index (χ0) is 18.0. The molecule has 3 rings (SSSR count). The Kier molecular flexibility index (Phi) is 5.46. The molecule has 0 saturated carbocycles. The first kappa shape index (κ1) is 18.4. The first-order valence-electron chi connectivity index (χ1n) is 8.96. The molecule has 0 spiro atoms. The molecule has 7 heteroatoms. The van der Waals surface area contributed by atoms with E-state index in [4.69, 9.17) is 5.11 Å². The van der Waals surface area contributed by atoms with Gasteiger partial charge in [-0.15, -0.1) is 0 Å². The third-order valence-electron chi connectivity index (χ3n) is 5.38. The average Bonchev–Trinajstić information content (AvgIpc) is 2.62. The molecule has 0 aliphatic carbocycles. The number of benzene rings is 1. The highest BCUT2D eigenvalue weighted by Crippen LogP contribution is 2.30. The molecule has 2 aliphatic heterocycles. The normalized spacial score (nSPS) is 24.3. The first-order valence-corrected chi connectivity index (χ1v) is 10.4. The minimum atomic E-state index is -3.43. The molecule has 2 fully saturated rings. The van der Waals surface area contributed by atoms with Crippen LogP contribution in [-0.4, -0.2) is 54.3 Å². The largest absolute Gasteiger partial charge is 0.478 e. The molecule has 0 radical (unpaired) electrons. The van der Waals surface area contributed by atoms with E-state index in [1.54, 1.807) is 26.8 Å². The fraction of sp³-hybridized carbons (Fsp3) is 0.611. The van der Waals surface area contributed by atoms with Crippen LogP contribution in [0.1, 0.15) is 54.4 Å². The number of rotatable bonds is 4. The summed E-state index contributed by atoms with van der Waals surface area (Å²) in [6.45, 7) is 4.33. The standard InChI is InChI=1S/C18H26N2O4S/c1-14-7-10-19(11-8-14)25(23,24)20-9-3-6-17(13-20)15-4-2-5-16(12-15)18(21)22/h2,4-5,12,14,17H,3,6-11,13H2,1H3,(H,21,22). The van der Waals surface area contributed by atoms with Crippen LogP contribution in [0, 0.1) is 5.92 Å².